The Kier molecular flexibility index (Phi) is 4.94. The van der Waals surface area contributed by atoms with Crippen LogP contribution in [0.25, 0.3) is 0 Å². The van der Waals surface area contributed by atoms with Gasteiger partial charge >= 0.3 is 5.97 Å². The van der Waals surface area contributed by atoms with Crippen molar-refractivity contribution in [2.45, 2.75) is 26.2 Å². The highest BCUT2D eigenvalue weighted by Crippen LogP contribution is 2.19. The average molecular weight is 268 g/mol. The average Bonchev–Trinajstić information content (AvgIpc) is 2.52. The normalized spacial score (nSPS) is 10.3. The van der Waals surface area contributed by atoms with Crippen molar-refractivity contribution in [1.82, 2.24) is 0 Å². The van der Waals surface area contributed by atoms with Gasteiger partial charge in [-0.1, -0.05) is 49.4 Å². The molecule has 2 rings (SSSR count). The molecule has 0 bridgehead atoms. The molecule has 0 saturated carbocycles. The third-order valence-electron chi connectivity index (χ3n) is 3.56. The van der Waals surface area contributed by atoms with E-state index in [1.54, 1.807) is 0 Å². The van der Waals surface area contributed by atoms with Crippen LogP contribution in [-0.4, -0.2) is 13.1 Å². The lowest BCUT2D eigenvalue weighted by Gasteiger charge is -2.12. The number of methoxy groups -OCH3 is 1. The zero-order valence-electron chi connectivity index (χ0n) is 12.1. The van der Waals surface area contributed by atoms with Crippen molar-refractivity contribution in [2.24, 2.45) is 0 Å². The maximum absolute atomic E-state index is 11.8. The topological polar surface area (TPSA) is 26.3 Å². The van der Waals surface area contributed by atoms with E-state index in [0.717, 1.165) is 24.8 Å². The highest BCUT2D eigenvalue weighted by molar-refractivity contribution is 5.91. The van der Waals surface area contributed by atoms with E-state index >= 15 is 0 Å². The Morgan fingerprint density at radius 2 is 1.75 bits per heavy atom. The zero-order chi connectivity index (χ0) is 14.4. The van der Waals surface area contributed by atoms with E-state index in [4.69, 9.17) is 4.74 Å². The molecule has 0 atom stereocenters. The van der Waals surface area contributed by atoms with E-state index in [-0.39, 0.29) is 5.97 Å². The number of esters is 1. The summed E-state index contributed by atoms with van der Waals surface area (Å²) in [5.41, 5.74) is 4.35. The Hall–Kier alpha value is -2.09. The fourth-order valence-electron chi connectivity index (χ4n) is 2.51. The summed E-state index contributed by atoms with van der Waals surface area (Å²) < 4.78 is 4.86. The third kappa shape index (κ3) is 3.27. The van der Waals surface area contributed by atoms with Gasteiger partial charge in [-0.2, -0.15) is 0 Å². The number of hydrogen-bond donors (Lipinski definition) is 0. The molecule has 0 aliphatic carbocycles. The van der Waals surface area contributed by atoms with Crippen LogP contribution in [0.4, 0.5) is 0 Å². The maximum atomic E-state index is 11.8. The number of carbonyl (C=O) groups excluding carboxylic acids is 1. The lowest BCUT2D eigenvalue weighted by molar-refractivity contribution is 0.0599. The van der Waals surface area contributed by atoms with E-state index in [1.807, 2.05) is 18.2 Å². The van der Waals surface area contributed by atoms with Crippen molar-refractivity contribution in [3.05, 3.63) is 70.8 Å². The van der Waals surface area contributed by atoms with Crippen molar-refractivity contribution in [1.29, 1.82) is 0 Å². The maximum Gasteiger partial charge on any atom is 0.338 e. The van der Waals surface area contributed by atoms with Crippen LogP contribution in [0, 0.1) is 0 Å². The van der Waals surface area contributed by atoms with Crippen LogP contribution in [0.15, 0.2) is 48.5 Å². The molecule has 0 fully saturated rings. The highest BCUT2D eigenvalue weighted by atomic mass is 16.5. The van der Waals surface area contributed by atoms with Crippen molar-refractivity contribution in [3.8, 4) is 0 Å². The minimum absolute atomic E-state index is 0.247. The van der Waals surface area contributed by atoms with Gasteiger partial charge in [-0.25, -0.2) is 4.79 Å². The Morgan fingerprint density at radius 1 is 1.00 bits per heavy atom. The van der Waals surface area contributed by atoms with Crippen LogP contribution >= 0.6 is 0 Å². The van der Waals surface area contributed by atoms with Gasteiger partial charge in [0.2, 0.25) is 0 Å². The summed E-state index contributed by atoms with van der Waals surface area (Å²) in [6.45, 7) is 2.08. The van der Waals surface area contributed by atoms with Crippen LogP contribution < -0.4 is 0 Å². The molecule has 2 nitrogen and oxygen atoms in total. The summed E-state index contributed by atoms with van der Waals surface area (Å²) in [6.07, 6.45) is 2.77. The summed E-state index contributed by atoms with van der Waals surface area (Å²) in [6, 6.07) is 16.3. The molecule has 0 aliphatic rings. The molecule has 0 heterocycles. The van der Waals surface area contributed by atoms with Crippen LogP contribution in [0.1, 0.15) is 34.0 Å². The quantitative estimate of drug-likeness (QED) is 0.771. The summed E-state index contributed by atoms with van der Waals surface area (Å²) in [5, 5.41) is 0. The lowest BCUT2D eigenvalue weighted by Crippen LogP contribution is -2.08. The first-order valence-electron chi connectivity index (χ1n) is 6.99. The molecule has 0 radical (unpaired) electrons. The van der Waals surface area contributed by atoms with Crippen molar-refractivity contribution in [3.63, 3.8) is 0 Å². The molecule has 0 saturated heterocycles. The van der Waals surface area contributed by atoms with Gasteiger partial charge in [-0.05, 0) is 42.0 Å². The Bertz CT molecular complexity index is 573. The standard InChI is InChI=1S/C18H20O2/c1-3-16-15(10-7-11-17(16)18(19)20-2)13-12-14-8-5-4-6-9-14/h4-11H,3,12-13H2,1-2H3. The van der Waals surface area contributed by atoms with Crippen molar-refractivity contribution in [2.75, 3.05) is 7.11 Å². The van der Waals surface area contributed by atoms with Gasteiger partial charge in [0, 0.05) is 0 Å². The third-order valence-corrected chi connectivity index (χ3v) is 3.56. The first-order valence-corrected chi connectivity index (χ1v) is 6.99. The monoisotopic (exact) mass is 268 g/mol. The summed E-state index contributed by atoms with van der Waals surface area (Å²) >= 11 is 0. The van der Waals surface area contributed by atoms with Gasteiger partial charge < -0.3 is 4.74 Å². The second kappa shape index (κ2) is 6.90. The second-order valence-electron chi connectivity index (χ2n) is 4.77. The van der Waals surface area contributed by atoms with E-state index < -0.39 is 0 Å². The first-order chi connectivity index (χ1) is 9.76. The second-order valence-corrected chi connectivity index (χ2v) is 4.77. The highest BCUT2D eigenvalue weighted by Gasteiger charge is 2.13. The van der Waals surface area contributed by atoms with E-state index in [0.29, 0.717) is 5.56 Å². The van der Waals surface area contributed by atoms with Gasteiger partial charge in [-0.3, -0.25) is 0 Å². The molecule has 2 heteroatoms. The molecule has 0 aromatic heterocycles. The molecular weight excluding hydrogens is 248 g/mol. The van der Waals surface area contributed by atoms with Gasteiger partial charge in [-0.15, -0.1) is 0 Å². The molecular formula is C18H20O2. The molecule has 20 heavy (non-hydrogen) atoms. The Balaban J connectivity index is 2.21. The molecule has 0 amide bonds. The number of hydrogen-bond acceptors (Lipinski definition) is 2. The fraction of sp³-hybridized carbons (Fsp3) is 0.278. The molecule has 0 aliphatic heterocycles. The molecule has 104 valence electrons. The summed E-state index contributed by atoms with van der Waals surface area (Å²) in [7, 11) is 1.43. The molecule has 2 aromatic carbocycles. The minimum Gasteiger partial charge on any atom is -0.465 e. The molecule has 0 N–H and O–H groups in total. The SMILES string of the molecule is CCc1c(CCc2ccccc2)cccc1C(=O)OC. The predicted molar refractivity (Wildman–Crippen MR) is 81.0 cm³/mol. The van der Waals surface area contributed by atoms with Crippen molar-refractivity contribution >= 4 is 5.97 Å². The number of aryl methyl sites for hydroxylation is 2. The number of carbonyl (C=O) groups is 1. The van der Waals surface area contributed by atoms with E-state index in [2.05, 4.69) is 37.3 Å². The summed E-state index contributed by atoms with van der Waals surface area (Å²) in [5.74, 6) is -0.247. The zero-order valence-corrected chi connectivity index (χ0v) is 12.1. The van der Waals surface area contributed by atoms with Gasteiger partial charge in [0.1, 0.15) is 0 Å². The number of ether oxygens (including phenoxy) is 1. The lowest BCUT2D eigenvalue weighted by atomic mass is 9.94. The Labute approximate surface area is 120 Å². The van der Waals surface area contributed by atoms with E-state index in [9.17, 15) is 4.79 Å². The van der Waals surface area contributed by atoms with Crippen LogP contribution in [-0.2, 0) is 24.0 Å². The van der Waals surface area contributed by atoms with E-state index in [1.165, 1.54) is 18.2 Å². The van der Waals surface area contributed by atoms with Crippen LogP contribution in [0.3, 0.4) is 0 Å². The minimum atomic E-state index is -0.247. The number of rotatable bonds is 5. The van der Waals surface area contributed by atoms with Gasteiger partial charge in [0.15, 0.2) is 0 Å². The van der Waals surface area contributed by atoms with Gasteiger partial charge in [0.05, 0.1) is 12.7 Å². The first kappa shape index (κ1) is 14.3. The smallest absolute Gasteiger partial charge is 0.338 e. The molecule has 0 unspecified atom stereocenters. The fourth-order valence-corrected chi connectivity index (χ4v) is 2.51. The molecule has 2 aromatic rings. The summed E-state index contributed by atoms with van der Waals surface area (Å²) in [4.78, 5) is 11.8. The van der Waals surface area contributed by atoms with Crippen LogP contribution in [0.2, 0.25) is 0 Å². The van der Waals surface area contributed by atoms with Crippen LogP contribution in [0.5, 0.6) is 0 Å². The largest absolute Gasteiger partial charge is 0.465 e. The van der Waals surface area contributed by atoms with Crippen molar-refractivity contribution < 1.29 is 9.53 Å². The van der Waals surface area contributed by atoms with Gasteiger partial charge in [0.25, 0.3) is 0 Å². The Morgan fingerprint density at radius 3 is 2.40 bits per heavy atom. The molecule has 0 spiro atoms. The predicted octanol–water partition coefficient (Wildman–Crippen LogP) is 3.82. The number of benzene rings is 2.